The third-order valence-corrected chi connectivity index (χ3v) is 5.14. The topological polar surface area (TPSA) is 71.1 Å². The van der Waals surface area contributed by atoms with E-state index in [-0.39, 0.29) is 25.4 Å². The molecule has 0 atom stereocenters. The van der Waals surface area contributed by atoms with Gasteiger partial charge in [0.05, 0.1) is 19.4 Å². The summed E-state index contributed by atoms with van der Waals surface area (Å²) >= 11 is 0. The second-order valence-corrected chi connectivity index (χ2v) is 8.05. The first-order chi connectivity index (χ1) is 15.5. The maximum atomic E-state index is 13.9. The molecule has 0 saturated carbocycles. The van der Waals surface area contributed by atoms with Gasteiger partial charge in [-0.2, -0.15) is 0 Å². The number of ether oxygens (including phenoxy) is 1. The van der Waals surface area contributed by atoms with E-state index in [2.05, 4.69) is 4.98 Å². The number of aromatic nitrogens is 4. The lowest BCUT2D eigenvalue weighted by atomic mass is 10.2. The number of hydrogen-bond acceptors (Lipinski definition) is 4. The van der Waals surface area contributed by atoms with Crippen molar-refractivity contribution in [2.24, 2.45) is 5.92 Å². The molecule has 0 amide bonds. The summed E-state index contributed by atoms with van der Waals surface area (Å²) in [5.41, 5.74) is 0.751. The molecule has 0 spiro atoms. The van der Waals surface area contributed by atoms with Crippen LogP contribution in [0.15, 0.2) is 70.5 Å². The zero-order valence-corrected chi connectivity index (χ0v) is 18.1. The smallest absolute Gasteiger partial charge is 0.333 e. The molecule has 0 bridgehead atoms. The third-order valence-electron chi connectivity index (χ3n) is 5.14. The predicted molar refractivity (Wildman–Crippen MR) is 121 cm³/mol. The van der Waals surface area contributed by atoms with Gasteiger partial charge in [0, 0.05) is 6.54 Å². The molecule has 166 valence electrons. The lowest BCUT2D eigenvalue weighted by Crippen LogP contribution is -2.42. The fourth-order valence-electron chi connectivity index (χ4n) is 3.68. The minimum Gasteiger partial charge on any atom is -0.489 e. The lowest BCUT2D eigenvalue weighted by molar-refractivity contribution is 0.279. The largest absolute Gasteiger partial charge is 0.489 e. The SMILES string of the molecule is CC(C)Cn1cnc2c1c(=O)n(CCOc1ccccc1F)c(=O)n2Cc1ccccc1. The van der Waals surface area contributed by atoms with E-state index < -0.39 is 17.1 Å². The van der Waals surface area contributed by atoms with Crippen LogP contribution in [0.3, 0.4) is 0 Å². The van der Waals surface area contributed by atoms with E-state index in [1.807, 2.05) is 44.2 Å². The summed E-state index contributed by atoms with van der Waals surface area (Å²) in [6.07, 6.45) is 1.60. The number of halogens is 1. The Morgan fingerprint density at radius 1 is 1.00 bits per heavy atom. The standard InChI is InChI=1S/C24H25FN4O3/c1-17(2)14-27-16-26-22-21(27)23(30)28(12-13-32-20-11-7-6-10-19(20)25)24(31)29(22)15-18-8-4-3-5-9-18/h3-11,16-17H,12-15H2,1-2H3. The Labute approximate surface area is 184 Å². The van der Waals surface area contributed by atoms with Gasteiger partial charge in [-0.25, -0.2) is 14.2 Å². The summed E-state index contributed by atoms with van der Waals surface area (Å²) in [6.45, 7) is 4.94. The molecular weight excluding hydrogens is 411 g/mol. The molecule has 2 aromatic heterocycles. The minimum absolute atomic E-state index is 0.0103. The van der Waals surface area contributed by atoms with E-state index in [4.69, 9.17) is 4.74 Å². The maximum Gasteiger partial charge on any atom is 0.333 e. The van der Waals surface area contributed by atoms with Crippen molar-refractivity contribution in [1.29, 1.82) is 0 Å². The van der Waals surface area contributed by atoms with Crippen molar-refractivity contribution >= 4 is 11.2 Å². The van der Waals surface area contributed by atoms with E-state index in [1.165, 1.54) is 16.7 Å². The van der Waals surface area contributed by atoms with Crippen molar-refractivity contribution < 1.29 is 9.13 Å². The molecule has 0 unspecified atom stereocenters. The minimum atomic E-state index is -0.494. The highest BCUT2D eigenvalue weighted by Crippen LogP contribution is 2.15. The fraction of sp³-hybridized carbons (Fsp3) is 0.292. The van der Waals surface area contributed by atoms with E-state index in [9.17, 15) is 14.0 Å². The number of imidazole rings is 1. The molecule has 2 aromatic carbocycles. The van der Waals surface area contributed by atoms with Gasteiger partial charge in [0.15, 0.2) is 22.7 Å². The van der Waals surface area contributed by atoms with Gasteiger partial charge in [0.1, 0.15) is 6.61 Å². The molecule has 0 aliphatic heterocycles. The van der Waals surface area contributed by atoms with Gasteiger partial charge in [-0.3, -0.25) is 13.9 Å². The van der Waals surface area contributed by atoms with Gasteiger partial charge in [-0.1, -0.05) is 56.3 Å². The van der Waals surface area contributed by atoms with Crippen LogP contribution in [-0.4, -0.2) is 25.3 Å². The van der Waals surface area contributed by atoms with Gasteiger partial charge in [0.2, 0.25) is 0 Å². The first-order valence-electron chi connectivity index (χ1n) is 10.6. The molecule has 2 heterocycles. The molecule has 4 aromatic rings. The van der Waals surface area contributed by atoms with Gasteiger partial charge >= 0.3 is 5.69 Å². The van der Waals surface area contributed by atoms with Crippen LogP contribution in [0.4, 0.5) is 4.39 Å². The fourth-order valence-corrected chi connectivity index (χ4v) is 3.68. The average Bonchev–Trinajstić information content (AvgIpc) is 3.18. The van der Waals surface area contributed by atoms with Gasteiger partial charge < -0.3 is 9.30 Å². The highest BCUT2D eigenvalue weighted by Gasteiger charge is 2.19. The number of nitrogens with zero attached hydrogens (tertiary/aromatic N) is 4. The molecule has 0 radical (unpaired) electrons. The summed E-state index contributed by atoms with van der Waals surface area (Å²) in [4.78, 5) is 31.0. The van der Waals surface area contributed by atoms with E-state index >= 15 is 0 Å². The summed E-state index contributed by atoms with van der Waals surface area (Å²) in [5, 5.41) is 0. The van der Waals surface area contributed by atoms with Crippen molar-refractivity contribution in [2.45, 2.75) is 33.5 Å². The Bertz CT molecular complexity index is 1340. The highest BCUT2D eigenvalue weighted by molar-refractivity contribution is 5.70. The predicted octanol–water partition coefficient (Wildman–Crippen LogP) is 3.28. The third kappa shape index (κ3) is 4.34. The molecule has 8 heteroatoms. The second-order valence-electron chi connectivity index (χ2n) is 8.05. The Morgan fingerprint density at radius 3 is 2.44 bits per heavy atom. The van der Waals surface area contributed by atoms with Gasteiger partial charge in [-0.15, -0.1) is 0 Å². The first-order valence-corrected chi connectivity index (χ1v) is 10.6. The molecule has 0 N–H and O–H groups in total. The number of para-hydroxylation sites is 1. The second kappa shape index (κ2) is 9.21. The van der Waals surface area contributed by atoms with Crippen LogP contribution in [0.5, 0.6) is 5.75 Å². The lowest BCUT2D eigenvalue weighted by Gasteiger charge is -2.14. The number of rotatable bonds is 8. The van der Waals surface area contributed by atoms with Crippen LogP contribution in [0.1, 0.15) is 19.4 Å². The Balaban J connectivity index is 1.76. The van der Waals surface area contributed by atoms with Gasteiger partial charge in [-0.05, 0) is 23.6 Å². The van der Waals surface area contributed by atoms with Crippen molar-refractivity contribution in [3.8, 4) is 5.75 Å². The van der Waals surface area contributed by atoms with Crippen LogP contribution in [-0.2, 0) is 19.6 Å². The van der Waals surface area contributed by atoms with Crippen molar-refractivity contribution in [1.82, 2.24) is 18.7 Å². The highest BCUT2D eigenvalue weighted by atomic mass is 19.1. The zero-order chi connectivity index (χ0) is 22.7. The van der Waals surface area contributed by atoms with E-state index in [0.29, 0.717) is 23.6 Å². The maximum absolute atomic E-state index is 13.9. The van der Waals surface area contributed by atoms with E-state index in [1.54, 1.807) is 23.0 Å². The number of benzene rings is 2. The quantitative estimate of drug-likeness (QED) is 0.425. The molecule has 0 fully saturated rings. The zero-order valence-electron chi connectivity index (χ0n) is 18.1. The summed E-state index contributed by atoms with van der Waals surface area (Å²) in [6, 6.07) is 15.6. The molecule has 7 nitrogen and oxygen atoms in total. The molecule has 0 aliphatic rings. The summed E-state index contributed by atoms with van der Waals surface area (Å²) < 4.78 is 23.8. The van der Waals surface area contributed by atoms with Crippen LogP contribution in [0.25, 0.3) is 11.2 Å². The van der Waals surface area contributed by atoms with Crippen LogP contribution in [0.2, 0.25) is 0 Å². The summed E-state index contributed by atoms with van der Waals surface area (Å²) in [5.74, 6) is -0.123. The number of hydrogen-bond donors (Lipinski definition) is 0. The normalized spacial score (nSPS) is 11.4. The molecule has 0 aliphatic carbocycles. The van der Waals surface area contributed by atoms with Crippen molar-refractivity contribution in [3.05, 3.63) is 93.1 Å². The molecular formula is C24H25FN4O3. The Hall–Kier alpha value is -3.68. The summed E-state index contributed by atoms with van der Waals surface area (Å²) in [7, 11) is 0. The molecule has 32 heavy (non-hydrogen) atoms. The average molecular weight is 436 g/mol. The van der Waals surface area contributed by atoms with Crippen LogP contribution >= 0.6 is 0 Å². The molecule has 0 saturated heterocycles. The van der Waals surface area contributed by atoms with Crippen LogP contribution in [0, 0.1) is 11.7 Å². The van der Waals surface area contributed by atoms with Crippen molar-refractivity contribution in [3.63, 3.8) is 0 Å². The van der Waals surface area contributed by atoms with E-state index in [0.717, 1.165) is 10.1 Å². The Morgan fingerprint density at radius 2 is 1.72 bits per heavy atom. The van der Waals surface area contributed by atoms with Gasteiger partial charge in [0.25, 0.3) is 5.56 Å². The van der Waals surface area contributed by atoms with Crippen LogP contribution < -0.4 is 16.0 Å². The Kier molecular flexibility index (Phi) is 6.20. The monoisotopic (exact) mass is 436 g/mol. The first kappa shape index (κ1) is 21.5. The van der Waals surface area contributed by atoms with Crippen molar-refractivity contribution in [2.75, 3.05) is 6.61 Å². The number of fused-ring (bicyclic) bond motifs is 1. The molecule has 4 rings (SSSR count).